The molecule has 2 N–H and O–H groups in total. The van der Waals surface area contributed by atoms with E-state index < -0.39 is 0 Å². The molecule has 0 aliphatic heterocycles. The molecule has 32 heavy (non-hydrogen) atoms. The van der Waals surface area contributed by atoms with E-state index in [2.05, 4.69) is 25.8 Å². The van der Waals surface area contributed by atoms with Crippen LogP contribution in [0, 0.1) is 0 Å². The SMILES string of the molecule is C[C@@H](NC(=O)c1ccncc1-[n+]1cnn[nH]1)[C@H](Cc1ccc(Cl)cc1)c1ccc(Cl)cc1. The van der Waals surface area contributed by atoms with Crippen LogP contribution < -0.4 is 10.00 Å². The van der Waals surface area contributed by atoms with E-state index in [4.69, 9.17) is 23.2 Å². The number of benzene rings is 2. The summed E-state index contributed by atoms with van der Waals surface area (Å²) in [6.07, 6.45) is 5.37. The molecule has 2 atom stereocenters. The monoisotopic (exact) mass is 467 g/mol. The molecule has 0 saturated heterocycles. The number of rotatable bonds is 7. The van der Waals surface area contributed by atoms with Crippen molar-refractivity contribution in [2.45, 2.75) is 25.3 Å². The summed E-state index contributed by atoms with van der Waals surface area (Å²) >= 11 is 12.1. The summed E-state index contributed by atoms with van der Waals surface area (Å²) in [6.45, 7) is 2.00. The fourth-order valence-electron chi connectivity index (χ4n) is 3.62. The molecule has 0 saturated carbocycles. The minimum Gasteiger partial charge on any atom is -0.349 e. The highest BCUT2D eigenvalue weighted by atomic mass is 35.5. The van der Waals surface area contributed by atoms with E-state index >= 15 is 0 Å². The Bertz CT molecular complexity index is 1180. The number of hydrogen-bond donors (Lipinski definition) is 2. The molecule has 4 rings (SSSR count). The number of carbonyl (C=O) groups is 1. The second-order valence-corrected chi connectivity index (χ2v) is 8.32. The molecule has 0 spiro atoms. The minimum atomic E-state index is -0.216. The van der Waals surface area contributed by atoms with Crippen LogP contribution in [-0.4, -0.2) is 32.5 Å². The number of tetrazole rings is 1. The van der Waals surface area contributed by atoms with Crippen LogP contribution in [0.3, 0.4) is 0 Å². The van der Waals surface area contributed by atoms with E-state index in [9.17, 15) is 4.79 Å². The fraction of sp³-hybridized carbons (Fsp3) is 0.174. The molecule has 2 aromatic carbocycles. The molecule has 9 heteroatoms. The van der Waals surface area contributed by atoms with Crippen molar-refractivity contribution in [3.63, 3.8) is 0 Å². The summed E-state index contributed by atoms with van der Waals surface area (Å²) in [4.78, 5) is 17.3. The summed E-state index contributed by atoms with van der Waals surface area (Å²) in [5.74, 6) is -0.198. The van der Waals surface area contributed by atoms with Crippen molar-refractivity contribution >= 4 is 29.1 Å². The van der Waals surface area contributed by atoms with Crippen molar-refractivity contribution in [3.8, 4) is 5.69 Å². The zero-order valence-electron chi connectivity index (χ0n) is 17.2. The molecular formula is C23H21Cl2N6O+. The predicted octanol–water partition coefficient (Wildman–Crippen LogP) is 3.93. The fourth-order valence-corrected chi connectivity index (χ4v) is 3.87. The molecule has 0 unspecified atom stereocenters. The van der Waals surface area contributed by atoms with Crippen LogP contribution in [0.15, 0.2) is 73.3 Å². The summed E-state index contributed by atoms with van der Waals surface area (Å²) in [5, 5.41) is 14.7. The largest absolute Gasteiger partial charge is 0.349 e. The Morgan fingerprint density at radius 3 is 2.41 bits per heavy atom. The van der Waals surface area contributed by atoms with Gasteiger partial charge >= 0.3 is 0 Å². The molecule has 1 amide bonds. The number of pyridine rings is 1. The highest BCUT2D eigenvalue weighted by Crippen LogP contribution is 2.27. The summed E-state index contributed by atoms with van der Waals surface area (Å²) in [5.41, 5.74) is 3.23. The molecule has 0 aliphatic rings. The molecule has 2 heterocycles. The van der Waals surface area contributed by atoms with Gasteiger partial charge in [-0.2, -0.15) is 0 Å². The van der Waals surface area contributed by atoms with Crippen LogP contribution in [0.2, 0.25) is 10.0 Å². The third kappa shape index (κ3) is 5.12. The minimum absolute atomic E-state index is 0.0177. The number of halogens is 2. The van der Waals surface area contributed by atoms with Gasteiger partial charge in [-0.3, -0.25) is 9.78 Å². The van der Waals surface area contributed by atoms with Crippen molar-refractivity contribution < 1.29 is 9.48 Å². The Morgan fingerprint density at radius 1 is 1.06 bits per heavy atom. The zero-order chi connectivity index (χ0) is 22.5. The average Bonchev–Trinajstić information content (AvgIpc) is 3.34. The van der Waals surface area contributed by atoms with Crippen LogP contribution in [0.5, 0.6) is 0 Å². The maximum atomic E-state index is 13.2. The van der Waals surface area contributed by atoms with E-state index in [1.165, 1.54) is 11.0 Å². The third-order valence-electron chi connectivity index (χ3n) is 5.31. The summed E-state index contributed by atoms with van der Waals surface area (Å²) in [7, 11) is 0. The smallest absolute Gasteiger partial charge is 0.293 e. The topological polar surface area (TPSA) is 87.4 Å². The van der Waals surface area contributed by atoms with Gasteiger partial charge in [0.25, 0.3) is 12.2 Å². The Morgan fingerprint density at radius 2 is 1.75 bits per heavy atom. The van der Waals surface area contributed by atoms with Gasteiger partial charge in [-0.05, 0) is 54.8 Å². The van der Waals surface area contributed by atoms with E-state index in [-0.39, 0.29) is 17.9 Å². The third-order valence-corrected chi connectivity index (χ3v) is 5.81. The maximum Gasteiger partial charge on any atom is 0.293 e. The summed E-state index contributed by atoms with van der Waals surface area (Å²) in [6, 6.07) is 17.0. The van der Waals surface area contributed by atoms with Crippen molar-refractivity contribution in [3.05, 3.63) is 100 Å². The second kappa shape index (κ2) is 9.89. The molecule has 0 fully saturated rings. The normalized spacial score (nSPS) is 12.8. The standard InChI is InChI=1S/C23H20Cl2N6O/c1-15(28-23(32)20-10-11-26-13-22(20)31-14-27-29-30-31)21(17-4-8-19(25)9-5-17)12-16-2-6-18(24)7-3-16/h2-11,13-15,21H,12H2,1H3,(H,28,32)/p+1/t15-,21+/m1/s1. The Kier molecular flexibility index (Phi) is 6.78. The van der Waals surface area contributed by atoms with Gasteiger partial charge in [0.1, 0.15) is 5.10 Å². The van der Waals surface area contributed by atoms with Gasteiger partial charge in [0.2, 0.25) is 0 Å². The van der Waals surface area contributed by atoms with Gasteiger partial charge in [-0.15, -0.1) is 4.68 Å². The number of aromatic amines is 1. The lowest BCUT2D eigenvalue weighted by atomic mass is 9.86. The van der Waals surface area contributed by atoms with Crippen LogP contribution in [0.1, 0.15) is 34.3 Å². The number of amides is 1. The van der Waals surface area contributed by atoms with Gasteiger partial charge in [0.15, 0.2) is 10.9 Å². The molecule has 0 bridgehead atoms. The molecule has 0 radical (unpaired) electrons. The number of aromatic nitrogens is 5. The Hall–Kier alpha value is -3.29. The number of carbonyl (C=O) groups excluding carboxylic acids is 1. The van der Waals surface area contributed by atoms with Crippen molar-refractivity contribution in [1.29, 1.82) is 0 Å². The Balaban J connectivity index is 1.60. The molecular weight excluding hydrogens is 447 g/mol. The highest BCUT2D eigenvalue weighted by molar-refractivity contribution is 6.30. The first kappa shape index (κ1) is 21.9. The van der Waals surface area contributed by atoms with E-state index in [0.29, 0.717) is 21.3 Å². The van der Waals surface area contributed by atoms with Gasteiger partial charge in [-0.1, -0.05) is 52.7 Å². The first-order valence-electron chi connectivity index (χ1n) is 10.0. The lowest BCUT2D eigenvalue weighted by Gasteiger charge is -2.26. The average molecular weight is 468 g/mol. The van der Waals surface area contributed by atoms with Crippen LogP contribution in [0.25, 0.3) is 5.69 Å². The van der Waals surface area contributed by atoms with E-state index in [0.717, 1.165) is 17.5 Å². The Labute approximate surface area is 195 Å². The highest BCUT2D eigenvalue weighted by Gasteiger charge is 2.24. The van der Waals surface area contributed by atoms with Crippen LogP contribution >= 0.6 is 23.2 Å². The van der Waals surface area contributed by atoms with Gasteiger partial charge < -0.3 is 5.32 Å². The van der Waals surface area contributed by atoms with Gasteiger partial charge in [0.05, 0.1) is 11.8 Å². The maximum absolute atomic E-state index is 13.2. The predicted molar refractivity (Wildman–Crippen MR) is 122 cm³/mol. The molecule has 0 aliphatic carbocycles. The van der Waals surface area contributed by atoms with Crippen molar-refractivity contribution in [1.82, 2.24) is 25.8 Å². The van der Waals surface area contributed by atoms with Gasteiger partial charge in [0, 0.05) is 28.2 Å². The van der Waals surface area contributed by atoms with E-state index in [1.807, 2.05) is 55.5 Å². The molecule has 162 valence electrons. The van der Waals surface area contributed by atoms with E-state index in [1.54, 1.807) is 18.5 Å². The number of H-pyrrole nitrogens is 1. The second-order valence-electron chi connectivity index (χ2n) is 7.44. The molecule has 7 nitrogen and oxygen atoms in total. The lowest BCUT2D eigenvalue weighted by molar-refractivity contribution is -0.660. The number of hydrogen-bond acceptors (Lipinski definition) is 4. The van der Waals surface area contributed by atoms with Crippen molar-refractivity contribution in [2.75, 3.05) is 0 Å². The first-order valence-corrected chi connectivity index (χ1v) is 10.8. The van der Waals surface area contributed by atoms with Gasteiger partial charge in [-0.25, -0.2) is 0 Å². The lowest BCUT2D eigenvalue weighted by Crippen LogP contribution is -2.41. The van der Waals surface area contributed by atoms with Crippen molar-refractivity contribution in [2.24, 2.45) is 0 Å². The zero-order valence-corrected chi connectivity index (χ0v) is 18.8. The molecule has 2 aromatic heterocycles. The van der Waals surface area contributed by atoms with Crippen LogP contribution in [-0.2, 0) is 6.42 Å². The molecule has 4 aromatic rings. The number of nitrogens with zero attached hydrogens (tertiary/aromatic N) is 4. The first-order chi connectivity index (χ1) is 15.5. The quantitative estimate of drug-likeness (QED) is 0.403. The summed E-state index contributed by atoms with van der Waals surface area (Å²) < 4.78 is 1.54. The van der Waals surface area contributed by atoms with Crippen LogP contribution in [0.4, 0.5) is 0 Å². The number of nitrogens with one attached hydrogen (secondary N) is 2.